The highest BCUT2D eigenvalue weighted by atomic mass is 16.5. The summed E-state index contributed by atoms with van der Waals surface area (Å²) in [5.74, 6) is -0.847. The second kappa shape index (κ2) is 3.71. The molecule has 0 spiro atoms. The molecule has 5 nitrogen and oxygen atoms in total. The average molecular weight is 131 g/mol. The summed E-state index contributed by atoms with van der Waals surface area (Å²) < 4.78 is 4.12. The smallest absolute Gasteiger partial charge is 0.407 e. The molecular formula is C4H7N2O3. The number of hydrogen-bond donors (Lipinski definition) is 1. The van der Waals surface area contributed by atoms with E-state index < -0.39 is 12.0 Å². The maximum Gasteiger partial charge on any atom is 0.407 e. The molecule has 0 aliphatic rings. The van der Waals surface area contributed by atoms with Crippen LogP contribution in [0.5, 0.6) is 0 Å². The summed E-state index contributed by atoms with van der Waals surface area (Å²) in [5, 5.41) is 2.03. The molecule has 0 saturated heterocycles. The molecule has 0 fully saturated rings. The molecule has 0 bridgehead atoms. The monoisotopic (exact) mass is 131 g/mol. The number of ether oxygens (including phenoxy) is 1. The molecule has 0 unspecified atom stereocenters. The Morgan fingerprint density at radius 2 is 2.22 bits per heavy atom. The number of methoxy groups -OCH3 is 1. The molecule has 0 aliphatic heterocycles. The molecule has 1 radical (unpaired) electrons. The molecule has 0 atom stereocenters. The van der Waals surface area contributed by atoms with Crippen LogP contribution in [0.1, 0.15) is 0 Å². The second-order valence-corrected chi connectivity index (χ2v) is 1.27. The van der Waals surface area contributed by atoms with Gasteiger partial charge in [-0.1, -0.05) is 0 Å². The summed E-state index contributed by atoms with van der Waals surface area (Å²) in [6, 6.07) is 0. The predicted octanol–water partition coefficient (Wildman–Crippen LogP) is -0.848. The molecule has 5 heteroatoms. The van der Waals surface area contributed by atoms with Gasteiger partial charge in [-0.05, 0) is 0 Å². The molecule has 0 aromatic rings. The zero-order valence-electron chi connectivity index (χ0n) is 4.93. The molecule has 0 saturated carbocycles. The summed E-state index contributed by atoms with van der Waals surface area (Å²) in [6.45, 7) is -0.299. The van der Waals surface area contributed by atoms with E-state index in [1.54, 1.807) is 0 Å². The standard InChI is InChI=1S/C4H7N2O3/c1-9-4(8)6-2-3(5)7/h5H,2H2,1H3,(H,6,8). The van der Waals surface area contributed by atoms with Crippen molar-refractivity contribution in [2.45, 2.75) is 0 Å². The first-order valence-corrected chi connectivity index (χ1v) is 2.23. The Balaban J connectivity index is 3.28. The van der Waals surface area contributed by atoms with Crippen molar-refractivity contribution in [2.75, 3.05) is 13.7 Å². The van der Waals surface area contributed by atoms with E-state index in [0.717, 1.165) is 0 Å². The van der Waals surface area contributed by atoms with Crippen molar-refractivity contribution in [1.29, 1.82) is 0 Å². The Labute approximate surface area is 52.2 Å². The Morgan fingerprint density at radius 3 is 2.56 bits per heavy atom. The van der Waals surface area contributed by atoms with Gasteiger partial charge in [0.2, 0.25) is 0 Å². The Hall–Kier alpha value is -1.26. The summed E-state index contributed by atoms with van der Waals surface area (Å²) in [6.07, 6.45) is -0.699. The molecular weight excluding hydrogens is 124 g/mol. The summed E-state index contributed by atoms with van der Waals surface area (Å²) in [5.41, 5.74) is 6.34. The third kappa shape index (κ3) is 4.60. The van der Waals surface area contributed by atoms with E-state index in [2.05, 4.69) is 4.74 Å². The number of rotatable bonds is 2. The fourth-order valence-corrected chi connectivity index (χ4v) is 0.225. The van der Waals surface area contributed by atoms with Crippen LogP contribution < -0.4 is 11.1 Å². The number of alkyl carbamates (subject to hydrolysis) is 1. The van der Waals surface area contributed by atoms with Crippen LogP contribution in [-0.4, -0.2) is 25.7 Å². The topological polar surface area (TPSA) is 79.2 Å². The fraction of sp³-hybridized carbons (Fsp3) is 0.500. The first-order valence-electron chi connectivity index (χ1n) is 2.23. The zero-order valence-corrected chi connectivity index (χ0v) is 4.93. The number of hydrogen-bond acceptors (Lipinski definition) is 3. The van der Waals surface area contributed by atoms with Crippen LogP contribution in [0.25, 0.3) is 0 Å². The van der Waals surface area contributed by atoms with Gasteiger partial charge in [-0.25, -0.2) is 4.79 Å². The minimum Gasteiger partial charge on any atom is -0.453 e. The van der Waals surface area contributed by atoms with Crippen molar-refractivity contribution < 1.29 is 14.3 Å². The van der Waals surface area contributed by atoms with Crippen LogP contribution in [0.3, 0.4) is 0 Å². The molecule has 2 amide bonds. The summed E-state index contributed by atoms with van der Waals surface area (Å²) in [7, 11) is 1.18. The van der Waals surface area contributed by atoms with E-state index in [0.29, 0.717) is 0 Å². The highest BCUT2D eigenvalue weighted by molar-refractivity contribution is 5.79. The Bertz CT molecular complexity index is 123. The zero-order chi connectivity index (χ0) is 7.28. The SMILES string of the molecule is COC(=O)NCC([NH])=O. The highest BCUT2D eigenvalue weighted by Gasteiger charge is 1.98. The Morgan fingerprint density at radius 1 is 1.67 bits per heavy atom. The Kier molecular flexibility index (Phi) is 3.19. The minimum atomic E-state index is -0.847. The van der Waals surface area contributed by atoms with Crippen LogP contribution in [0.2, 0.25) is 0 Å². The number of nitrogens with one attached hydrogen (secondary N) is 2. The van der Waals surface area contributed by atoms with Gasteiger partial charge in [-0.15, -0.1) is 0 Å². The van der Waals surface area contributed by atoms with Crippen LogP contribution in [-0.2, 0) is 9.53 Å². The minimum absolute atomic E-state index is 0.299. The predicted molar refractivity (Wildman–Crippen MR) is 28.5 cm³/mol. The van der Waals surface area contributed by atoms with Gasteiger partial charge < -0.3 is 10.1 Å². The maximum absolute atomic E-state index is 10.1. The van der Waals surface area contributed by atoms with Crippen molar-refractivity contribution in [3.05, 3.63) is 0 Å². The fourth-order valence-electron chi connectivity index (χ4n) is 0.225. The first-order chi connectivity index (χ1) is 4.16. The number of carbonyl (C=O) groups is 2. The van der Waals surface area contributed by atoms with Gasteiger partial charge in [0.25, 0.3) is 5.91 Å². The van der Waals surface area contributed by atoms with Crippen molar-refractivity contribution in [1.82, 2.24) is 11.1 Å². The van der Waals surface area contributed by atoms with Gasteiger partial charge in [0.1, 0.15) is 6.54 Å². The average Bonchev–Trinajstić information content (AvgIpc) is 1.83. The van der Waals surface area contributed by atoms with Crippen molar-refractivity contribution >= 4 is 12.0 Å². The molecule has 0 heterocycles. The summed E-state index contributed by atoms with van der Waals surface area (Å²) in [4.78, 5) is 20.0. The molecule has 0 aliphatic carbocycles. The van der Waals surface area contributed by atoms with E-state index in [1.807, 2.05) is 5.32 Å². The molecule has 51 valence electrons. The molecule has 9 heavy (non-hydrogen) atoms. The van der Waals surface area contributed by atoms with Gasteiger partial charge in [0.15, 0.2) is 0 Å². The normalized spacial score (nSPS) is 8.11. The third-order valence-electron chi connectivity index (χ3n) is 0.579. The van der Waals surface area contributed by atoms with Gasteiger partial charge in [-0.3, -0.25) is 10.5 Å². The largest absolute Gasteiger partial charge is 0.453 e. The lowest BCUT2D eigenvalue weighted by Gasteiger charge is -1.97. The van der Waals surface area contributed by atoms with Crippen LogP contribution in [0, 0.1) is 0 Å². The quantitative estimate of drug-likeness (QED) is 0.530. The lowest BCUT2D eigenvalue weighted by atomic mass is 10.6. The maximum atomic E-state index is 10.1. The van der Waals surface area contributed by atoms with E-state index in [1.165, 1.54) is 7.11 Å². The lowest BCUT2D eigenvalue weighted by molar-refractivity contribution is -0.117. The summed E-state index contributed by atoms with van der Waals surface area (Å²) >= 11 is 0. The highest BCUT2D eigenvalue weighted by Crippen LogP contribution is 1.68. The van der Waals surface area contributed by atoms with Crippen LogP contribution in [0.4, 0.5) is 4.79 Å². The van der Waals surface area contributed by atoms with Gasteiger partial charge in [0.05, 0.1) is 7.11 Å². The molecule has 0 rings (SSSR count). The van der Waals surface area contributed by atoms with Crippen LogP contribution >= 0.6 is 0 Å². The number of amides is 2. The van der Waals surface area contributed by atoms with Gasteiger partial charge in [-0.2, -0.15) is 0 Å². The van der Waals surface area contributed by atoms with Gasteiger partial charge in [0, 0.05) is 0 Å². The molecule has 0 aromatic heterocycles. The van der Waals surface area contributed by atoms with Crippen molar-refractivity contribution in [3.63, 3.8) is 0 Å². The molecule has 0 aromatic carbocycles. The van der Waals surface area contributed by atoms with Crippen LogP contribution in [0.15, 0.2) is 0 Å². The van der Waals surface area contributed by atoms with Crippen molar-refractivity contribution in [3.8, 4) is 0 Å². The second-order valence-electron chi connectivity index (χ2n) is 1.27. The third-order valence-corrected chi connectivity index (χ3v) is 0.579. The van der Waals surface area contributed by atoms with Crippen molar-refractivity contribution in [2.24, 2.45) is 0 Å². The van der Waals surface area contributed by atoms with E-state index in [4.69, 9.17) is 5.73 Å². The number of carbonyl (C=O) groups excluding carboxylic acids is 2. The molecule has 2 N–H and O–H groups in total. The van der Waals surface area contributed by atoms with E-state index in [-0.39, 0.29) is 6.54 Å². The first kappa shape index (κ1) is 7.74. The van der Waals surface area contributed by atoms with E-state index in [9.17, 15) is 9.59 Å². The van der Waals surface area contributed by atoms with Gasteiger partial charge >= 0.3 is 6.09 Å². The lowest BCUT2D eigenvalue weighted by Crippen LogP contribution is -2.29. The van der Waals surface area contributed by atoms with E-state index >= 15 is 0 Å².